The first-order valence-corrected chi connectivity index (χ1v) is 3.26. The lowest BCUT2D eigenvalue weighted by Crippen LogP contribution is -1.48. The topological polar surface area (TPSA) is 0 Å². The Hall–Kier alpha value is 0.770. The molecule has 28 valence electrons. The van der Waals surface area contributed by atoms with Crippen LogP contribution in [0.1, 0.15) is 0 Å². The molecule has 0 bridgehead atoms. The normalized spacial score (nSPS) is 5.20. The third-order valence-electron chi connectivity index (χ3n) is 0.134. The summed E-state index contributed by atoms with van der Waals surface area (Å²) in [5.74, 6) is 2.76. The minimum absolute atomic E-state index is 0.788. The van der Waals surface area contributed by atoms with E-state index in [4.69, 9.17) is 0 Å². The molecule has 0 fully saturated rings. The van der Waals surface area contributed by atoms with Gasteiger partial charge in [0.25, 0.3) is 0 Å². The first kappa shape index (κ1) is 5.77. The molecule has 0 spiro atoms. The third kappa shape index (κ3) is 4.77. The summed E-state index contributed by atoms with van der Waals surface area (Å²) in [4.78, 5) is 0. The smallest absolute Gasteiger partial charge is 0.0653 e. The molecule has 0 aromatic heterocycles. The summed E-state index contributed by atoms with van der Waals surface area (Å²) in [6.07, 6.45) is 0. The molecule has 0 aromatic rings. The Balaban J connectivity index is 2.81. The molecule has 5 heavy (non-hydrogen) atoms. The molecule has 0 aliphatic carbocycles. The summed E-state index contributed by atoms with van der Waals surface area (Å²) in [6, 6.07) is 0. The highest BCUT2D eigenvalue weighted by atomic mass is 127. The van der Waals surface area contributed by atoms with Crippen LogP contribution in [0.2, 0.25) is 0 Å². The predicted octanol–water partition coefficient (Wildman–Crippen LogP) is 1.78. The molecule has 0 N–H and O–H groups in total. The first-order chi connectivity index (χ1) is 2.41. The second kappa shape index (κ2) is 4.77. The van der Waals surface area contributed by atoms with Gasteiger partial charge in [-0.15, -0.1) is 0 Å². The Labute approximate surface area is 53.6 Å². The lowest BCUT2D eigenvalue weighted by atomic mass is 10.9. The van der Waals surface area contributed by atoms with E-state index in [1.807, 2.05) is 22.6 Å². The fourth-order valence-electron chi connectivity index (χ4n) is 0.0253. The van der Waals surface area contributed by atoms with Gasteiger partial charge >= 0.3 is 0 Å². The zero-order valence-corrected chi connectivity index (χ0v) is 6.21. The third-order valence-corrected chi connectivity index (χ3v) is 0.795. The van der Waals surface area contributed by atoms with Crippen molar-refractivity contribution in [2.45, 2.75) is 0 Å². The summed E-state index contributed by atoms with van der Waals surface area (Å²) >= 11 is 5.13. The van der Waals surface area contributed by atoms with E-state index >= 15 is 0 Å². The van der Waals surface area contributed by atoms with Crippen molar-refractivity contribution in [3.8, 4) is 9.85 Å². The molecule has 0 radical (unpaired) electrons. The Morgan fingerprint density at radius 2 is 2.40 bits per heavy atom. The van der Waals surface area contributed by atoms with E-state index in [1.165, 1.54) is 0 Å². The lowest BCUT2D eigenvalue weighted by Gasteiger charge is -1.54. The molecule has 0 aromatic carbocycles. The van der Waals surface area contributed by atoms with Crippen LogP contribution in [-0.2, 0) is 0 Å². The van der Waals surface area contributed by atoms with Crippen molar-refractivity contribution < 1.29 is 0 Å². The second-order valence-corrected chi connectivity index (χ2v) is 1.51. The summed E-state index contributed by atoms with van der Waals surface area (Å²) in [5, 5.41) is 0.788. The zero-order chi connectivity index (χ0) is 4.12. The van der Waals surface area contributed by atoms with Gasteiger partial charge in [-0.3, -0.25) is 0 Å². The number of hydrogen-bond acceptors (Lipinski definition) is 0. The summed E-state index contributed by atoms with van der Waals surface area (Å²) < 4.78 is 2.69. The van der Waals surface area contributed by atoms with Crippen LogP contribution in [0.3, 0.4) is 0 Å². The first-order valence-electron chi connectivity index (χ1n) is 1.06. The number of rotatable bonds is 0. The summed E-state index contributed by atoms with van der Waals surface area (Å²) in [6.45, 7) is 0. The van der Waals surface area contributed by atoms with E-state index in [0.717, 1.165) is 5.33 Å². The fraction of sp³-hybridized carbons (Fsp3) is 0.333. The van der Waals surface area contributed by atoms with E-state index in [9.17, 15) is 0 Å². The van der Waals surface area contributed by atoms with Gasteiger partial charge in [0.05, 0.1) is 5.33 Å². The number of alkyl halides is 1. The standard InChI is InChI=1S/C3H2BrI/c4-2-1-3-5/h2H2. The van der Waals surface area contributed by atoms with Gasteiger partial charge in [0, 0.05) is 22.6 Å². The Morgan fingerprint density at radius 3 is 2.40 bits per heavy atom. The Bertz CT molecular complexity index is 59.0. The maximum Gasteiger partial charge on any atom is 0.0653 e. The van der Waals surface area contributed by atoms with Gasteiger partial charge in [-0.25, -0.2) is 0 Å². The van der Waals surface area contributed by atoms with Gasteiger partial charge in [-0.1, -0.05) is 21.9 Å². The quantitative estimate of drug-likeness (QED) is 0.346. The fourth-order valence-corrected chi connectivity index (χ4v) is 0.880. The minimum atomic E-state index is 0.788. The monoisotopic (exact) mass is 244 g/mol. The van der Waals surface area contributed by atoms with Crippen molar-refractivity contribution in [1.82, 2.24) is 0 Å². The lowest BCUT2D eigenvalue weighted by molar-refractivity contribution is 2.02. The van der Waals surface area contributed by atoms with Crippen LogP contribution < -0.4 is 0 Å². The molecule has 0 nitrogen and oxygen atoms in total. The molecule has 0 heterocycles. The second-order valence-electron chi connectivity index (χ2n) is 0.405. The van der Waals surface area contributed by atoms with Crippen LogP contribution in [0.5, 0.6) is 0 Å². The molecule has 0 amide bonds. The molecule has 0 rings (SSSR count). The van der Waals surface area contributed by atoms with Gasteiger partial charge in [-0.05, 0) is 3.93 Å². The van der Waals surface area contributed by atoms with E-state index in [0.29, 0.717) is 0 Å². The highest BCUT2D eigenvalue weighted by Crippen LogP contribution is 1.75. The van der Waals surface area contributed by atoms with Gasteiger partial charge < -0.3 is 0 Å². The minimum Gasteiger partial charge on any atom is -0.0803 e. The van der Waals surface area contributed by atoms with Crippen molar-refractivity contribution in [2.24, 2.45) is 0 Å². The number of halogens is 2. The molecular formula is C3H2BrI. The molecule has 0 aliphatic rings. The molecule has 2 heteroatoms. The number of hydrogen-bond donors (Lipinski definition) is 0. The Morgan fingerprint density at radius 1 is 1.80 bits per heavy atom. The van der Waals surface area contributed by atoms with Crippen LogP contribution >= 0.6 is 38.5 Å². The van der Waals surface area contributed by atoms with Crippen LogP contribution in [0.25, 0.3) is 0 Å². The van der Waals surface area contributed by atoms with Crippen LogP contribution in [0.4, 0.5) is 0 Å². The van der Waals surface area contributed by atoms with Crippen molar-refractivity contribution in [1.29, 1.82) is 0 Å². The molecule has 0 saturated carbocycles. The molecule has 0 aliphatic heterocycles. The van der Waals surface area contributed by atoms with Crippen molar-refractivity contribution in [3.63, 3.8) is 0 Å². The molecular weight excluding hydrogens is 243 g/mol. The Kier molecular flexibility index (Phi) is 5.50. The van der Waals surface area contributed by atoms with Crippen LogP contribution in [-0.4, -0.2) is 5.33 Å². The van der Waals surface area contributed by atoms with Crippen LogP contribution in [0.15, 0.2) is 0 Å². The molecule has 0 atom stereocenters. The average Bonchev–Trinajstić information content (AvgIpc) is 1.41. The van der Waals surface area contributed by atoms with E-state index in [-0.39, 0.29) is 0 Å². The SMILES string of the molecule is BrCC#CI. The maximum atomic E-state index is 3.13. The van der Waals surface area contributed by atoms with Gasteiger partial charge in [0.2, 0.25) is 0 Å². The highest BCUT2D eigenvalue weighted by molar-refractivity contribution is 14.1. The van der Waals surface area contributed by atoms with Gasteiger partial charge in [0.15, 0.2) is 0 Å². The van der Waals surface area contributed by atoms with Crippen LogP contribution in [0, 0.1) is 9.85 Å². The zero-order valence-electron chi connectivity index (χ0n) is 2.46. The summed E-state index contributed by atoms with van der Waals surface area (Å²) in [7, 11) is 0. The van der Waals surface area contributed by atoms with Crippen molar-refractivity contribution >= 4 is 38.5 Å². The highest BCUT2D eigenvalue weighted by Gasteiger charge is 1.52. The van der Waals surface area contributed by atoms with Gasteiger partial charge in [-0.2, -0.15) is 0 Å². The van der Waals surface area contributed by atoms with Gasteiger partial charge in [0.1, 0.15) is 0 Å². The average molecular weight is 245 g/mol. The van der Waals surface area contributed by atoms with E-state index in [2.05, 4.69) is 25.8 Å². The maximum absolute atomic E-state index is 3.13. The predicted molar refractivity (Wildman–Crippen MR) is 35.6 cm³/mol. The van der Waals surface area contributed by atoms with Crippen molar-refractivity contribution in [3.05, 3.63) is 0 Å². The molecule has 0 saturated heterocycles. The summed E-state index contributed by atoms with van der Waals surface area (Å²) in [5.41, 5.74) is 0. The van der Waals surface area contributed by atoms with E-state index in [1.54, 1.807) is 0 Å². The van der Waals surface area contributed by atoms with E-state index < -0.39 is 0 Å². The molecule has 0 unspecified atom stereocenters. The largest absolute Gasteiger partial charge is 0.0803 e. The van der Waals surface area contributed by atoms with Crippen molar-refractivity contribution in [2.75, 3.05) is 5.33 Å².